The van der Waals surface area contributed by atoms with Crippen molar-refractivity contribution < 1.29 is 174 Å². The molecule has 21 aliphatic rings. The highest BCUT2D eigenvalue weighted by Gasteiger charge is 2.59. The molecule has 0 aromatic rings. The smallest absolute Gasteiger partial charge is 0.187 e. The highest BCUT2D eigenvalue weighted by Crippen LogP contribution is 2.39. The van der Waals surface area contributed by atoms with Gasteiger partial charge < -0.3 is 174 Å². The minimum absolute atomic E-state index is 1.05. The van der Waals surface area contributed by atoms with E-state index in [4.69, 9.17) is 66.3 Å². The third kappa shape index (κ3) is 12.1. The molecule has 35 nitrogen and oxygen atoms in total. The van der Waals surface area contributed by atoms with Crippen molar-refractivity contribution in [1.29, 1.82) is 0 Å². The lowest BCUT2D eigenvalue weighted by atomic mass is 9.95. The zero-order valence-electron chi connectivity index (χ0n) is 40.3. The van der Waals surface area contributed by atoms with Gasteiger partial charge in [0.2, 0.25) is 0 Å². The van der Waals surface area contributed by atoms with Crippen LogP contribution in [0.5, 0.6) is 0 Å². The zero-order valence-corrected chi connectivity index (χ0v) is 40.3. The van der Waals surface area contributed by atoms with E-state index in [1.54, 1.807) is 0 Å². The maximum Gasteiger partial charge on any atom is 0.187 e. The predicted molar refractivity (Wildman–Crippen MR) is 228 cm³/mol. The molecule has 0 spiro atoms. The molecule has 14 bridgehead atoms. The van der Waals surface area contributed by atoms with Gasteiger partial charge in [-0.25, -0.2) is 0 Å². The lowest BCUT2D eigenvalue weighted by Gasteiger charge is -2.50. The van der Waals surface area contributed by atoms with Crippen LogP contribution in [0.15, 0.2) is 0 Å². The van der Waals surface area contributed by atoms with Gasteiger partial charge in [-0.3, -0.25) is 0 Å². The average molecular weight is 1130 g/mol. The maximum absolute atomic E-state index is 11.3. The Hall–Kier alpha value is -1.40. The number of aliphatic hydroxyl groups excluding tert-OH is 21. The van der Waals surface area contributed by atoms with Gasteiger partial charge >= 0.3 is 0 Å². The summed E-state index contributed by atoms with van der Waals surface area (Å²) >= 11 is 0. The second kappa shape index (κ2) is 26.0. The van der Waals surface area contributed by atoms with E-state index < -0.39 is 261 Å². The molecular weight excluding hydrogens is 1060 g/mol. The lowest BCUT2D eigenvalue weighted by molar-refractivity contribution is -0.396. The van der Waals surface area contributed by atoms with Gasteiger partial charge in [0, 0.05) is 0 Å². The van der Waals surface area contributed by atoms with Crippen molar-refractivity contribution in [3.8, 4) is 0 Å². The molecule has 21 fully saturated rings. The van der Waals surface area contributed by atoms with Gasteiger partial charge in [-0.2, -0.15) is 0 Å². The fourth-order valence-corrected chi connectivity index (χ4v) is 10.4. The van der Waals surface area contributed by atoms with Crippen LogP contribution in [0.1, 0.15) is 0 Å². The molecule has 21 aliphatic heterocycles. The Labute approximate surface area is 434 Å². The molecule has 21 heterocycles. The van der Waals surface area contributed by atoms with E-state index in [1.807, 2.05) is 0 Å². The van der Waals surface area contributed by atoms with Gasteiger partial charge in [0.05, 0.1) is 46.2 Å². The van der Waals surface area contributed by atoms with Crippen LogP contribution in [0.4, 0.5) is 0 Å². The first-order valence-electron chi connectivity index (χ1n) is 24.6. The summed E-state index contributed by atoms with van der Waals surface area (Å²) in [5, 5.41) is 230. The summed E-state index contributed by atoms with van der Waals surface area (Å²) in [4.78, 5) is 0. The van der Waals surface area contributed by atoms with Gasteiger partial charge in [-0.1, -0.05) is 0 Å². The Morgan fingerprint density at radius 1 is 0.156 bits per heavy atom. The standard InChI is InChI=1S/C42H70O35/c43-1-8-29-15(50)22(57)36(64-8)72-30-9(2-44)66-38(24(59)17(30)52)74-32-11(4-46)68-40(26(61)19(32)54)76-34-13(6-48)70-42(28(63)21(34)56)77-35-14(7-49)69-41(27(62)20(35)55)75-33-12(5-47)67-39(25(60)18(33)53)73-31-10(3-45)65-37(71-29)23(58)16(31)51/h8-63H,1-7H2/t8-,9-,10-,11-,12+,13+,14-,15-,16+,17+,18-,19-,20-,21+,22+,23-,24-,25-,26+,27+,28-,29+,30+,31-,32+,33-,34-,35+,36-,37-,38+,39+,40+,41+,42-/m1/s1. The largest absolute Gasteiger partial charge is 0.394 e. The molecule has 21 rings (SSSR count). The van der Waals surface area contributed by atoms with Crippen molar-refractivity contribution in [3.05, 3.63) is 0 Å². The van der Waals surface area contributed by atoms with Gasteiger partial charge in [-0.15, -0.1) is 0 Å². The van der Waals surface area contributed by atoms with Crippen LogP contribution in [-0.2, 0) is 66.3 Å². The molecule has 35 heteroatoms. The van der Waals surface area contributed by atoms with E-state index in [0.717, 1.165) is 0 Å². The molecule has 0 aliphatic carbocycles. The molecule has 0 aromatic heterocycles. The number of ether oxygens (including phenoxy) is 14. The molecule has 0 amide bonds. The lowest BCUT2D eigenvalue weighted by Crippen LogP contribution is -2.68. The van der Waals surface area contributed by atoms with Crippen LogP contribution in [-0.4, -0.2) is 368 Å². The summed E-state index contributed by atoms with van der Waals surface area (Å²) in [6.45, 7) is -7.33. The molecule has 35 atom stereocenters. The van der Waals surface area contributed by atoms with Gasteiger partial charge in [0.15, 0.2) is 44.0 Å². The third-order valence-corrected chi connectivity index (χ3v) is 14.8. The van der Waals surface area contributed by atoms with Crippen molar-refractivity contribution in [2.24, 2.45) is 0 Å². The average Bonchev–Trinajstić information content (AvgIpc) is 3.45. The maximum atomic E-state index is 11.3. The Morgan fingerprint density at radius 2 is 0.260 bits per heavy atom. The van der Waals surface area contributed by atoms with E-state index >= 15 is 0 Å². The van der Waals surface area contributed by atoms with E-state index in [9.17, 15) is 107 Å². The molecule has 21 saturated heterocycles. The zero-order chi connectivity index (χ0) is 56.1. The summed E-state index contributed by atoms with van der Waals surface area (Å²) in [7, 11) is 0. The van der Waals surface area contributed by atoms with Crippen molar-refractivity contribution in [3.63, 3.8) is 0 Å². The number of rotatable bonds is 7. The highest BCUT2D eigenvalue weighted by atomic mass is 16.8. The molecule has 448 valence electrons. The topological polar surface area (TPSA) is 554 Å². The predicted octanol–water partition coefficient (Wildman–Crippen LogP) is -15.2. The van der Waals surface area contributed by atoms with Crippen molar-refractivity contribution in [1.82, 2.24) is 0 Å². The van der Waals surface area contributed by atoms with Crippen molar-refractivity contribution >= 4 is 0 Å². The van der Waals surface area contributed by atoms with Gasteiger partial charge in [-0.05, 0) is 0 Å². The van der Waals surface area contributed by atoms with Gasteiger partial charge in [0.25, 0.3) is 0 Å². The summed E-state index contributed by atoms with van der Waals surface area (Å²) < 4.78 is 79.5. The highest BCUT2D eigenvalue weighted by molar-refractivity contribution is 5.01. The minimum atomic E-state index is -2.21. The van der Waals surface area contributed by atoms with E-state index in [-0.39, 0.29) is 0 Å². The van der Waals surface area contributed by atoms with E-state index in [0.29, 0.717) is 0 Å². The second-order valence-electron chi connectivity index (χ2n) is 19.7. The monoisotopic (exact) mass is 1130 g/mol. The third-order valence-electron chi connectivity index (χ3n) is 14.8. The van der Waals surface area contributed by atoms with Crippen molar-refractivity contribution in [2.45, 2.75) is 215 Å². The van der Waals surface area contributed by atoms with Crippen molar-refractivity contribution in [2.75, 3.05) is 46.2 Å². The Bertz CT molecular complexity index is 1470. The minimum Gasteiger partial charge on any atom is -0.394 e. The molecule has 0 radical (unpaired) electrons. The normalized spacial score (nSPS) is 55.4. The molecular formula is C42H70O35. The number of aliphatic hydroxyl groups is 21. The fourth-order valence-electron chi connectivity index (χ4n) is 10.4. The fraction of sp³-hybridized carbons (Fsp3) is 1.00. The molecule has 0 aromatic carbocycles. The number of hydrogen-bond acceptors (Lipinski definition) is 35. The summed E-state index contributed by atoms with van der Waals surface area (Å²) in [5.74, 6) is 0. The Balaban J connectivity index is 1.08. The molecule has 0 unspecified atom stereocenters. The quantitative estimate of drug-likeness (QED) is 0.113. The first-order valence-corrected chi connectivity index (χ1v) is 24.6. The van der Waals surface area contributed by atoms with E-state index in [2.05, 4.69) is 0 Å². The SMILES string of the molecule is OC[C@@H]1O[C@H]2O[C@H]3[C@@H](O)[C@@H](O)[C@@H](O[C@@H]4[C@H](O)[C@H](O)[C@@H](O[C@@H]5[C@@H](O)[C@@H](O)[C@H](O[C@@H]6[C@H](O)[C@H](O)[C@H](O[C@H]7[C@@H](O)[C@@H](O)[C@@H](O[C@@H]8[C@H](O)[C@H](O)[C@H](O[C@H]1[C@H](O)[C@H]2O)O[C@@H]8CO)O[C@H]7CO)O[C@@H]6CO)O[C@@H]5CO)O[C@@H]4CO)O[C@@H]3CO. The summed E-state index contributed by atoms with van der Waals surface area (Å²) in [6, 6.07) is 0. The molecule has 77 heavy (non-hydrogen) atoms. The molecule has 21 N–H and O–H groups in total. The van der Waals surface area contributed by atoms with Crippen LogP contribution in [0.25, 0.3) is 0 Å². The first-order chi connectivity index (χ1) is 36.7. The Morgan fingerprint density at radius 3 is 0.351 bits per heavy atom. The van der Waals surface area contributed by atoms with Crippen LogP contribution in [0.3, 0.4) is 0 Å². The van der Waals surface area contributed by atoms with Crippen LogP contribution in [0, 0.1) is 0 Å². The first kappa shape index (κ1) is 61.7. The number of hydrogen-bond donors (Lipinski definition) is 21. The van der Waals surface area contributed by atoms with Crippen LogP contribution < -0.4 is 0 Å². The van der Waals surface area contributed by atoms with Crippen LogP contribution >= 0.6 is 0 Å². The van der Waals surface area contributed by atoms with Gasteiger partial charge in [0.1, 0.15) is 171 Å². The summed E-state index contributed by atoms with van der Waals surface area (Å²) in [5.41, 5.74) is 0. The second-order valence-corrected chi connectivity index (χ2v) is 19.7. The summed E-state index contributed by atoms with van der Waals surface area (Å²) in [6.07, 6.45) is -70.2. The molecule has 0 saturated carbocycles. The van der Waals surface area contributed by atoms with Crippen LogP contribution in [0.2, 0.25) is 0 Å². The van der Waals surface area contributed by atoms with E-state index in [1.165, 1.54) is 0 Å². The Kier molecular flexibility index (Phi) is 20.8.